The number of benzene rings is 3. The third kappa shape index (κ3) is 2.82. The van der Waals surface area contributed by atoms with Crippen LogP contribution in [0.3, 0.4) is 0 Å². The number of carbonyl (C=O) groups is 1. The van der Waals surface area contributed by atoms with Gasteiger partial charge in [0, 0.05) is 17.3 Å². The Balaban J connectivity index is 1.76. The van der Waals surface area contributed by atoms with E-state index in [-0.39, 0.29) is 5.43 Å². The van der Waals surface area contributed by atoms with Crippen LogP contribution in [0.15, 0.2) is 69.9 Å². The van der Waals surface area contributed by atoms with Crippen molar-refractivity contribution >= 4 is 45.1 Å². The second kappa shape index (κ2) is 6.28. The predicted molar refractivity (Wildman–Crippen MR) is 99.4 cm³/mol. The molecule has 1 N–H and O–H groups in total. The first-order valence-corrected chi connectivity index (χ1v) is 8.13. The standard InChI is InChI=1S/C20H11ClFNO3/c21-16-3-1-2-15-18(24)14-9-8-13(10-17(14)26-19(15)16)23-20(25)11-4-6-12(22)7-5-11/h1-10H,(H,23,25). The van der Waals surface area contributed by atoms with Gasteiger partial charge in [-0.25, -0.2) is 4.39 Å². The molecule has 1 amide bonds. The number of amides is 1. The zero-order valence-corrected chi connectivity index (χ0v) is 14.0. The summed E-state index contributed by atoms with van der Waals surface area (Å²) in [5, 5.41) is 3.82. The van der Waals surface area contributed by atoms with Crippen molar-refractivity contribution in [2.24, 2.45) is 0 Å². The monoisotopic (exact) mass is 367 g/mol. The molecule has 0 unspecified atom stereocenters. The Labute approximate surface area is 151 Å². The number of nitrogens with one attached hydrogen (secondary N) is 1. The third-order valence-electron chi connectivity index (χ3n) is 4.01. The van der Waals surface area contributed by atoms with Crippen LogP contribution in [0, 0.1) is 5.82 Å². The van der Waals surface area contributed by atoms with Gasteiger partial charge in [-0.05, 0) is 48.5 Å². The summed E-state index contributed by atoms with van der Waals surface area (Å²) in [6.45, 7) is 0. The van der Waals surface area contributed by atoms with Gasteiger partial charge in [0.25, 0.3) is 5.91 Å². The maximum atomic E-state index is 13.0. The van der Waals surface area contributed by atoms with Gasteiger partial charge in [0.2, 0.25) is 5.43 Å². The van der Waals surface area contributed by atoms with Gasteiger partial charge in [0.05, 0.1) is 15.8 Å². The molecule has 0 saturated heterocycles. The molecule has 0 aliphatic rings. The molecule has 0 bridgehead atoms. The lowest BCUT2D eigenvalue weighted by atomic mass is 10.1. The largest absolute Gasteiger partial charge is 0.454 e. The number of carbonyl (C=O) groups excluding carboxylic acids is 1. The highest BCUT2D eigenvalue weighted by Gasteiger charge is 2.12. The predicted octanol–water partition coefficient (Wildman–Crippen LogP) is 4.99. The van der Waals surface area contributed by atoms with Crippen molar-refractivity contribution in [1.82, 2.24) is 0 Å². The third-order valence-corrected chi connectivity index (χ3v) is 4.31. The molecule has 128 valence electrons. The number of halogens is 2. The first-order valence-electron chi connectivity index (χ1n) is 7.75. The van der Waals surface area contributed by atoms with Crippen molar-refractivity contribution in [3.05, 3.63) is 87.3 Å². The molecule has 3 aromatic carbocycles. The lowest BCUT2D eigenvalue weighted by Crippen LogP contribution is -2.12. The molecule has 1 aromatic heterocycles. The molecular formula is C20H11ClFNO3. The van der Waals surface area contributed by atoms with Gasteiger partial charge in [-0.1, -0.05) is 17.7 Å². The molecule has 1 heterocycles. The quantitative estimate of drug-likeness (QED) is 0.508. The van der Waals surface area contributed by atoms with Gasteiger partial charge >= 0.3 is 0 Å². The summed E-state index contributed by atoms with van der Waals surface area (Å²) in [6.07, 6.45) is 0. The molecular weight excluding hydrogens is 357 g/mol. The van der Waals surface area contributed by atoms with Crippen LogP contribution in [-0.4, -0.2) is 5.91 Å². The second-order valence-corrected chi connectivity index (χ2v) is 6.13. The van der Waals surface area contributed by atoms with Crippen LogP contribution in [0.5, 0.6) is 0 Å². The van der Waals surface area contributed by atoms with Crippen LogP contribution in [0.1, 0.15) is 10.4 Å². The minimum absolute atomic E-state index is 0.194. The minimum Gasteiger partial charge on any atom is -0.454 e. The van der Waals surface area contributed by atoms with Crippen molar-refractivity contribution in [3.63, 3.8) is 0 Å². The molecule has 0 spiro atoms. The average Bonchev–Trinajstić information content (AvgIpc) is 2.63. The molecule has 4 rings (SSSR count). The van der Waals surface area contributed by atoms with Gasteiger partial charge in [0.1, 0.15) is 11.4 Å². The Morgan fingerprint density at radius 3 is 2.54 bits per heavy atom. The highest BCUT2D eigenvalue weighted by atomic mass is 35.5. The Morgan fingerprint density at radius 1 is 1.00 bits per heavy atom. The van der Waals surface area contributed by atoms with E-state index in [4.69, 9.17) is 16.0 Å². The van der Waals surface area contributed by atoms with Crippen molar-refractivity contribution in [1.29, 1.82) is 0 Å². The van der Waals surface area contributed by atoms with Crippen LogP contribution in [-0.2, 0) is 0 Å². The molecule has 0 aliphatic carbocycles. The van der Waals surface area contributed by atoms with E-state index in [0.717, 1.165) is 0 Å². The number of anilines is 1. The van der Waals surface area contributed by atoms with Gasteiger partial charge < -0.3 is 9.73 Å². The van der Waals surface area contributed by atoms with Gasteiger partial charge in [-0.15, -0.1) is 0 Å². The van der Waals surface area contributed by atoms with Crippen LogP contribution in [0.4, 0.5) is 10.1 Å². The van der Waals surface area contributed by atoms with E-state index >= 15 is 0 Å². The van der Waals surface area contributed by atoms with E-state index in [1.165, 1.54) is 24.3 Å². The fraction of sp³-hybridized carbons (Fsp3) is 0. The summed E-state index contributed by atoms with van der Waals surface area (Å²) >= 11 is 6.11. The molecule has 4 aromatic rings. The smallest absolute Gasteiger partial charge is 0.255 e. The maximum Gasteiger partial charge on any atom is 0.255 e. The van der Waals surface area contributed by atoms with E-state index in [1.54, 1.807) is 36.4 Å². The van der Waals surface area contributed by atoms with E-state index < -0.39 is 11.7 Å². The summed E-state index contributed by atoms with van der Waals surface area (Å²) in [6, 6.07) is 14.9. The van der Waals surface area contributed by atoms with Crippen LogP contribution >= 0.6 is 11.6 Å². The zero-order chi connectivity index (χ0) is 18.3. The fourth-order valence-corrected chi connectivity index (χ4v) is 2.94. The first-order chi connectivity index (χ1) is 12.5. The summed E-state index contributed by atoms with van der Waals surface area (Å²) in [7, 11) is 0. The van der Waals surface area contributed by atoms with E-state index in [0.29, 0.717) is 38.2 Å². The van der Waals surface area contributed by atoms with E-state index in [2.05, 4.69) is 5.32 Å². The Kier molecular flexibility index (Phi) is 3.93. The minimum atomic E-state index is -0.419. The average molecular weight is 368 g/mol. The van der Waals surface area contributed by atoms with Gasteiger partial charge in [0.15, 0.2) is 5.58 Å². The number of rotatable bonds is 2. The Bertz CT molecular complexity index is 1220. The zero-order valence-electron chi connectivity index (χ0n) is 13.3. The lowest BCUT2D eigenvalue weighted by molar-refractivity contribution is 0.102. The topological polar surface area (TPSA) is 59.3 Å². The number of hydrogen-bond donors (Lipinski definition) is 1. The summed E-state index contributed by atoms with van der Waals surface area (Å²) in [4.78, 5) is 24.8. The van der Waals surface area contributed by atoms with Crippen molar-refractivity contribution in [2.75, 3.05) is 5.32 Å². The molecule has 6 heteroatoms. The summed E-state index contributed by atoms with van der Waals surface area (Å²) < 4.78 is 18.7. The summed E-state index contributed by atoms with van der Waals surface area (Å²) in [5.74, 6) is -0.816. The SMILES string of the molecule is O=C(Nc1ccc2c(=O)c3cccc(Cl)c3oc2c1)c1ccc(F)cc1. The molecule has 26 heavy (non-hydrogen) atoms. The normalized spacial score (nSPS) is 11.0. The van der Waals surface area contributed by atoms with Crippen LogP contribution < -0.4 is 10.7 Å². The van der Waals surface area contributed by atoms with Crippen molar-refractivity contribution < 1.29 is 13.6 Å². The highest BCUT2D eigenvalue weighted by molar-refractivity contribution is 6.34. The van der Waals surface area contributed by atoms with Gasteiger partial charge in [-0.2, -0.15) is 0 Å². The first kappa shape index (κ1) is 16.3. The van der Waals surface area contributed by atoms with E-state index in [9.17, 15) is 14.0 Å². The van der Waals surface area contributed by atoms with Crippen LogP contribution in [0.2, 0.25) is 5.02 Å². The molecule has 0 aliphatic heterocycles. The highest BCUT2D eigenvalue weighted by Crippen LogP contribution is 2.26. The number of para-hydroxylation sites is 1. The molecule has 0 fully saturated rings. The number of hydrogen-bond acceptors (Lipinski definition) is 3. The van der Waals surface area contributed by atoms with Gasteiger partial charge in [-0.3, -0.25) is 9.59 Å². The van der Waals surface area contributed by atoms with Crippen LogP contribution in [0.25, 0.3) is 21.9 Å². The second-order valence-electron chi connectivity index (χ2n) is 5.72. The molecule has 0 atom stereocenters. The van der Waals surface area contributed by atoms with Crippen molar-refractivity contribution in [3.8, 4) is 0 Å². The Morgan fingerprint density at radius 2 is 1.77 bits per heavy atom. The van der Waals surface area contributed by atoms with Crippen molar-refractivity contribution in [2.45, 2.75) is 0 Å². The molecule has 4 nitrogen and oxygen atoms in total. The lowest BCUT2D eigenvalue weighted by Gasteiger charge is -2.07. The fourth-order valence-electron chi connectivity index (χ4n) is 2.72. The Hall–Kier alpha value is -3.18. The number of fused-ring (bicyclic) bond motifs is 2. The molecule has 0 saturated carbocycles. The maximum absolute atomic E-state index is 13.0. The van der Waals surface area contributed by atoms with E-state index in [1.807, 2.05) is 0 Å². The summed E-state index contributed by atoms with van der Waals surface area (Å²) in [5.41, 5.74) is 1.18. The molecule has 0 radical (unpaired) electrons.